The standard InChI is InChI=1S/C20H18N2O3/c1-12(18-11-14-4-2-3-5-17(14)25-18)21-20(24)15-6-8-16-13(10-15)7-9-19(23)22-16/h2-6,8,10-12H,7,9H2,1H3,(H,21,24)(H,22,23)/t12-/m0/s1. The van der Waals surface area contributed by atoms with Gasteiger partial charge < -0.3 is 15.1 Å². The lowest BCUT2D eigenvalue weighted by molar-refractivity contribution is -0.116. The zero-order valence-corrected chi connectivity index (χ0v) is 13.8. The molecule has 25 heavy (non-hydrogen) atoms. The van der Waals surface area contributed by atoms with Crippen LogP contribution in [0.2, 0.25) is 0 Å². The largest absolute Gasteiger partial charge is 0.459 e. The maximum Gasteiger partial charge on any atom is 0.251 e. The van der Waals surface area contributed by atoms with Crippen LogP contribution in [0.5, 0.6) is 0 Å². The van der Waals surface area contributed by atoms with Gasteiger partial charge in [0, 0.05) is 23.1 Å². The van der Waals surface area contributed by atoms with Crippen LogP contribution >= 0.6 is 0 Å². The zero-order chi connectivity index (χ0) is 17.4. The first-order valence-corrected chi connectivity index (χ1v) is 8.32. The van der Waals surface area contributed by atoms with Crippen molar-refractivity contribution in [2.45, 2.75) is 25.8 Å². The maximum absolute atomic E-state index is 12.6. The summed E-state index contributed by atoms with van der Waals surface area (Å²) in [6.07, 6.45) is 1.11. The van der Waals surface area contributed by atoms with E-state index in [-0.39, 0.29) is 17.9 Å². The number of carbonyl (C=O) groups excluding carboxylic acids is 2. The average molecular weight is 334 g/mol. The molecular weight excluding hydrogens is 316 g/mol. The number of nitrogens with one attached hydrogen (secondary N) is 2. The van der Waals surface area contributed by atoms with Crippen molar-refractivity contribution in [2.75, 3.05) is 5.32 Å². The van der Waals surface area contributed by atoms with Gasteiger partial charge in [0.2, 0.25) is 5.91 Å². The monoisotopic (exact) mass is 334 g/mol. The molecule has 4 rings (SSSR count). The topological polar surface area (TPSA) is 71.3 Å². The molecule has 1 aliphatic rings. The molecule has 1 atom stereocenters. The lowest BCUT2D eigenvalue weighted by Gasteiger charge is -2.18. The van der Waals surface area contributed by atoms with E-state index in [2.05, 4.69) is 10.6 Å². The summed E-state index contributed by atoms with van der Waals surface area (Å²) >= 11 is 0. The van der Waals surface area contributed by atoms with Crippen molar-refractivity contribution in [2.24, 2.45) is 0 Å². The molecule has 1 aliphatic heterocycles. The molecule has 0 bridgehead atoms. The van der Waals surface area contributed by atoms with Crippen LogP contribution in [0.1, 0.15) is 41.1 Å². The van der Waals surface area contributed by atoms with Gasteiger partial charge in [0.15, 0.2) is 0 Å². The van der Waals surface area contributed by atoms with Crippen LogP contribution in [0, 0.1) is 0 Å². The summed E-state index contributed by atoms with van der Waals surface area (Å²) in [6, 6.07) is 14.8. The van der Waals surface area contributed by atoms with Crippen LogP contribution in [0.3, 0.4) is 0 Å². The number of hydrogen-bond acceptors (Lipinski definition) is 3. The Labute approximate surface area is 145 Å². The Morgan fingerprint density at radius 3 is 2.84 bits per heavy atom. The highest BCUT2D eigenvalue weighted by molar-refractivity contribution is 5.98. The van der Waals surface area contributed by atoms with Gasteiger partial charge in [-0.1, -0.05) is 18.2 Å². The summed E-state index contributed by atoms with van der Waals surface area (Å²) in [4.78, 5) is 24.0. The number of anilines is 1. The molecule has 0 aliphatic carbocycles. The fraction of sp³-hybridized carbons (Fsp3) is 0.200. The molecule has 2 amide bonds. The van der Waals surface area contributed by atoms with E-state index in [4.69, 9.17) is 4.42 Å². The molecular formula is C20H18N2O3. The van der Waals surface area contributed by atoms with Crippen LogP contribution in [-0.2, 0) is 11.2 Å². The van der Waals surface area contributed by atoms with Gasteiger partial charge in [-0.3, -0.25) is 9.59 Å². The number of amides is 2. The molecule has 3 aromatic rings. The Hall–Kier alpha value is -3.08. The number of hydrogen-bond donors (Lipinski definition) is 2. The minimum absolute atomic E-state index is 0.0169. The van der Waals surface area contributed by atoms with Gasteiger partial charge in [-0.05, 0) is 49.2 Å². The van der Waals surface area contributed by atoms with Gasteiger partial charge in [-0.15, -0.1) is 0 Å². The van der Waals surface area contributed by atoms with Crippen LogP contribution in [-0.4, -0.2) is 11.8 Å². The summed E-state index contributed by atoms with van der Waals surface area (Å²) in [5.74, 6) is 0.579. The predicted molar refractivity (Wildman–Crippen MR) is 95.5 cm³/mol. The van der Waals surface area contributed by atoms with E-state index >= 15 is 0 Å². The first-order valence-electron chi connectivity index (χ1n) is 8.32. The minimum atomic E-state index is -0.240. The zero-order valence-electron chi connectivity index (χ0n) is 13.8. The third-order valence-electron chi connectivity index (χ3n) is 4.48. The van der Waals surface area contributed by atoms with E-state index < -0.39 is 0 Å². The van der Waals surface area contributed by atoms with E-state index in [1.54, 1.807) is 12.1 Å². The maximum atomic E-state index is 12.6. The Morgan fingerprint density at radius 2 is 2.00 bits per heavy atom. The van der Waals surface area contributed by atoms with Gasteiger partial charge >= 0.3 is 0 Å². The summed E-state index contributed by atoms with van der Waals surface area (Å²) in [7, 11) is 0. The lowest BCUT2D eigenvalue weighted by Crippen LogP contribution is -2.27. The molecule has 0 radical (unpaired) electrons. The number of carbonyl (C=O) groups is 2. The molecule has 5 nitrogen and oxygen atoms in total. The first-order chi connectivity index (χ1) is 12.1. The number of benzene rings is 2. The second kappa shape index (κ2) is 6.09. The quantitative estimate of drug-likeness (QED) is 0.765. The normalized spacial score (nSPS) is 14.7. The van der Waals surface area contributed by atoms with Gasteiger partial charge in [-0.2, -0.15) is 0 Å². The van der Waals surface area contributed by atoms with E-state index in [0.29, 0.717) is 18.4 Å². The molecule has 0 spiro atoms. The Bertz CT molecular complexity index is 941. The number of aryl methyl sites for hydroxylation is 1. The molecule has 5 heteroatoms. The molecule has 2 heterocycles. The SMILES string of the molecule is C[C@H](NC(=O)c1ccc2c(c1)CCC(=O)N2)c1cc2ccccc2o1. The molecule has 1 aromatic heterocycles. The molecule has 0 saturated carbocycles. The number of para-hydroxylation sites is 1. The minimum Gasteiger partial charge on any atom is -0.459 e. The van der Waals surface area contributed by atoms with Gasteiger partial charge in [0.25, 0.3) is 5.91 Å². The fourth-order valence-electron chi connectivity index (χ4n) is 3.09. The van der Waals surface area contributed by atoms with Crippen LogP contribution in [0.4, 0.5) is 5.69 Å². The van der Waals surface area contributed by atoms with E-state index in [1.165, 1.54) is 0 Å². The van der Waals surface area contributed by atoms with Crippen molar-refractivity contribution in [3.05, 3.63) is 65.4 Å². The molecule has 0 fully saturated rings. The Balaban J connectivity index is 1.52. The summed E-state index contributed by atoms with van der Waals surface area (Å²) < 4.78 is 5.81. The van der Waals surface area contributed by atoms with Gasteiger partial charge in [0.05, 0.1) is 6.04 Å². The number of furan rings is 1. The molecule has 0 unspecified atom stereocenters. The van der Waals surface area contributed by atoms with Crippen molar-refractivity contribution in [3.8, 4) is 0 Å². The van der Waals surface area contributed by atoms with Crippen molar-refractivity contribution < 1.29 is 14.0 Å². The third kappa shape index (κ3) is 3.01. The highest BCUT2D eigenvalue weighted by atomic mass is 16.3. The van der Waals surface area contributed by atoms with E-state index in [0.717, 1.165) is 28.0 Å². The predicted octanol–water partition coefficient (Wildman–Crippen LogP) is 3.81. The lowest BCUT2D eigenvalue weighted by atomic mass is 10.00. The van der Waals surface area contributed by atoms with E-state index in [9.17, 15) is 9.59 Å². The second-order valence-electron chi connectivity index (χ2n) is 6.30. The Morgan fingerprint density at radius 1 is 1.16 bits per heavy atom. The molecule has 2 N–H and O–H groups in total. The van der Waals surface area contributed by atoms with Crippen LogP contribution in [0.25, 0.3) is 11.0 Å². The number of fused-ring (bicyclic) bond motifs is 2. The molecule has 2 aromatic carbocycles. The smallest absolute Gasteiger partial charge is 0.251 e. The van der Waals surface area contributed by atoms with Gasteiger partial charge in [-0.25, -0.2) is 0 Å². The van der Waals surface area contributed by atoms with Crippen molar-refractivity contribution in [3.63, 3.8) is 0 Å². The van der Waals surface area contributed by atoms with Crippen molar-refractivity contribution in [1.29, 1.82) is 0 Å². The van der Waals surface area contributed by atoms with Crippen LogP contribution in [0.15, 0.2) is 52.9 Å². The van der Waals surface area contributed by atoms with E-state index in [1.807, 2.05) is 43.3 Å². The van der Waals surface area contributed by atoms with Crippen molar-refractivity contribution >= 4 is 28.5 Å². The molecule has 0 saturated heterocycles. The highest BCUT2D eigenvalue weighted by Crippen LogP contribution is 2.25. The third-order valence-corrected chi connectivity index (χ3v) is 4.48. The average Bonchev–Trinajstić information content (AvgIpc) is 3.05. The number of rotatable bonds is 3. The highest BCUT2D eigenvalue weighted by Gasteiger charge is 2.19. The summed E-state index contributed by atoms with van der Waals surface area (Å²) in [6.45, 7) is 1.90. The van der Waals surface area contributed by atoms with Crippen LogP contribution < -0.4 is 10.6 Å². The van der Waals surface area contributed by atoms with Gasteiger partial charge in [0.1, 0.15) is 11.3 Å². The Kier molecular flexibility index (Phi) is 3.76. The first kappa shape index (κ1) is 15.4. The second-order valence-corrected chi connectivity index (χ2v) is 6.30. The molecule has 126 valence electrons. The summed E-state index contributed by atoms with van der Waals surface area (Å²) in [5, 5.41) is 6.81. The van der Waals surface area contributed by atoms with Crippen molar-refractivity contribution in [1.82, 2.24) is 5.32 Å². The summed E-state index contributed by atoms with van der Waals surface area (Å²) in [5.41, 5.74) is 3.17. The fourth-order valence-corrected chi connectivity index (χ4v) is 3.09.